The topological polar surface area (TPSA) is 49.4 Å². The van der Waals surface area contributed by atoms with Gasteiger partial charge in [0.1, 0.15) is 6.04 Å². The van der Waals surface area contributed by atoms with Crippen molar-refractivity contribution in [1.82, 2.24) is 4.90 Å². The minimum Gasteiger partial charge on any atom is -0.324 e. The second-order valence-corrected chi connectivity index (χ2v) is 8.01. The van der Waals surface area contributed by atoms with Crippen molar-refractivity contribution >= 4 is 51.9 Å². The van der Waals surface area contributed by atoms with Gasteiger partial charge in [-0.25, -0.2) is 0 Å². The summed E-state index contributed by atoms with van der Waals surface area (Å²) in [6, 6.07) is 7.32. The van der Waals surface area contributed by atoms with Crippen molar-refractivity contribution in [1.29, 1.82) is 0 Å². The van der Waals surface area contributed by atoms with Crippen LogP contribution in [0.3, 0.4) is 0 Å². The Labute approximate surface area is 135 Å². The van der Waals surface area contributed by atoms with Crippen LogP contribution >= 0.6 is 34.4 Å². The molecular formula is C14H15IN2O2S. The first kappa shape index (κ1) is 14.2. The van der Waals surface area contributed by atoms with Crippen molar-refractivity contribution in [2.45, 2.75) is 30.7 Å². The van der Waals surface area contributed by atoms with Crippen LogP contribution in [0.5, 0.6) is 0 Å². The molecular weight excluding hydrogens is 387 g/mol. The molecule has 2 aliphatic rings. The van der Waals surface area contributed by atoms with Crippen LogP contribution in [-0.4, -0.2) is 33.4 Å². The van der Waals surface area contributed by atoms with Gasteiger partial charge in [-0.1, -0.05) is 6.07 Å². The minimum atomic E-state index is -0.349. The van der Waals surface area contributed by atoms with Crippen LogP contribution in [0.25, 0.3) is 0 Å². The van der Waals surface area contributed by atoms with Crippen LogP contribution in [0.1, 0.15) is 19.8 Å². The summed E-state index contributed by atoms with van der Waals surface area (Å²) in [7, 11) is 0. The van der Waals surface area contributed by atoms with E-state index in [1.165, 1.54) is 0 Å². The van der Waals surface area contributed by atoms with Crippen LogP contribution in [0, 0.1) is 3.57 Å². The molecule has 4 nitrogen and oxygen atoms in total. The lowest BCUT2D eigenvalue weighted by atomic mass is 10.2. The Balaban J connectivity index is 1.76. The average molecular weight is 402 g/mol. The van der Waals surface area contributed by atoms with Crippen molar-refractivity contribution in [2.75, 3.05) is 11.1 Å². The lowest BCUT2D eigenvalue weighted by molar-refractivity contribution is -0.135. The van der Waals surface area contributed by atoms with E-state index in [9.17, 15) is 9.59 Å². The molecule has 106 valence electrons. The third-order valence-electron chi connectivity index (χ3n) is 3.84. The van der Waals surface area contributed by atoms with E-state index in [-0.39, 0.29) is 22.7 Å². The van der Waals surface area contributed by atoms with Crippen molar-refractivity contribution in [2.24, 2.45) is 0 Å². The molecule has 2 fully saturated rings. The van der Waals surface area contributed by atoms with Gasteiger partial charge >= 0.3 is 0 Å². The van der Waals surface area contributed by atoms with Crippen LogP contribution in [0.15, 0.2) is 24.3 Å². The smallest absolute Gasteiger partial charge is 0.248 e. The SMILES string of the molecule is C[C@@]12CCC(=O)N1[C@@H](C(=O)Nc1cccc(I)c1)CS2. The number of carbonyl (C=O) groups excluding carboxylic acids is 2. The van der Waals surface area contributed by atoms with E-state index in [1.807, 2.05) is 24.3 Å². The van der Waals surface area contributed by atoms with Crippen LogP contribution in [-0.2, 0) is 9.59 Å². The first-order valence-corrected chi connectivity index (χ1v) is 8.59. The van der Waals surface area contributed by atoms with E-state index in [0.29, 0.717) is 12.2 Å². The van der Waals surface area contributed by atoms with Crippen molar-refractivity contribution in [3.05, 3.63) is 27.8 Å². The Bertz CT molecular complexity index is 580. The number of fused-ring (bicyclic) bond motifs is 1. The zero-order valence-electron chi connectivity index (χ0n) is 11.1. The molecule has 1 aromatic rings. The van der Waals surface area contributed by atoms with E-state index < -0.39 is 0 Å². The number of benzene rings is 1. The highest BCUT2D eigenvalue weighted by Crippen LogP contribution is 2.47. The molecule has 0 aromatic heterocycles. The van der Waals surface area contributed by atoms with E-state index in [4.69, 9.17) is 0 Å². The number of hydrogen-bond donors (Lipinski definition) is 1. The molecule has 3 rings (SSSR count). The van der Waals surface area contributed by atoms with Gasteiger partial charge < -0.3 is 10.2 Å². The fourth-order valence-corrected chi connectivity index (χ4v) is 4.78. The highest BCUT2D eigenvalue weighted by atomic mass is 127. The maximum Gasteiger partial charge on any atom is 0.248 e. The third kappa shape index (κ3) is 2.43. The molecule has 0 radical (unpaired) electrons. The van der Waals surface area contributed by atoms with Gasteiger partial charge in [-0.15, -0.1) is 11.8 Å². The third-order valence-corrected chi connectivity index (χ3v) is 6.02. The molecule has 20 heavy (non-hydrogen) atoms. The van der Waals surface area contributed by atoms with Crippen molar-refractivity contribution in [3.8, 4) is 0 Å². The zero-order valence-corrected chi connectivity index (χ0v) is 14.0. The average Bonchev–Trinajstić information content (AvgIpc) is 2.87. The number of hydrogen-bond acceptors (Lipinski definition) is 3. The van der Waals surface area contributed by atoms with Crippen molar-refractivity contribution in [3.63, 3.8) is 0 Å². The van der Waals surface area contributed by atoms with Gasteiger partial charge in [-0.3, -0.25) is 9.59 Å². The number of thioether (sulfide) groups is 1. The van der Waals surface area contributed by atoms with Gasteiger partial charge in [-0.05, 0) is 54.1 Å². The number of halogens is 1. The standard InChI is InChI=1S/C14H15IN2O2S/c1-14-6-5-12(18)17(14)11(8-20-14)13(19)16-10-4-2-3-9(15)7-10/h2-4,7,11H,5-6,8H2,1H3,(H,16,19)/t11-,14-/m1/s1. The molecule has 2 amide bonds. The van der Waals surface area contributed by atoms with Crippen molar-refractivity contribution < 1.29 is 9.59 Å². The van der Waals surface area contributed by atoms with Gasteiger partial charge in [0.2, 0.25) is 11.8 Å². The fraction of sp³-hybridized carbons (Fsp3) is 0.429. The molecule has 0 bridgehead atoms. The Morgan fingerprint density at radius 3 is 3.10 bits per heavy atom. The predicted octanol–water partition coefficient (Wildman–Crippen LogP) is 2.68. The summed E-state index contributed by atoms with van der Waals surface area (Å²) in [4.78, 5) is 26.0. The Kier molecular flexibility index (Phi) is 3.70. The number of anilines is 1. The number of carbonyl (C=O) groups is 2. The molecule has 0 spiro atoms. The van der Waals surface area contributed by atoms with Crippen LogP contribution in [0.4, 0.5) is 5.69 Å². The second kappa shape index (κ2) is 5.22. The summed E-state index contributed by atoms with van der Waals surface area (Å²) in [5.41, 5.74) is 0.784. The normalized spacial score (nSPS) is 28.6. The van der Waals surface area contributed by atoms with Crippen LogP contribution < -0.4 is 5.32 Å². The Morgan fingerprint density at radius 1 is 1.55 bits per heavy atom. The molecule has 2 atom stereocenters. The van der Waals surface area contributed by atoms with E-state index in [1.54, 1.807) is 16.7 Å². The molecule has 2 aliphatic heterocycles. The monoisotopic (exact) mass is 402 g/mol. The van der Waals surface area contributed by atoms with E-state index in [0.717, 1.165) is 15.7 Å². The summed E-state index contributed by atoms with van der Waals surface area (Å²) in [5, 5.41) is 2.92. The van der Waals surface area contributed by atoms with Gasteiger partial charge in [0.25, 0.3) is 0 Å². The van der Waals surface area contributed by atoms with E-state index in [2.05, 4.69) is 34.8 Å². The summed E-state index contributed by atoms with van der Waals surface area (Å²) in [6.45, 7) is 2.06. The first-order chi connectivity index (χ1) is 9.49. The number of nitrogens with one attached hydrogen (secondary N) is 1. The highest BCUT2D eigenvalue weighted by Gasteiger charge is 2.52. The van der Waals surface area contributed by atoms with Gasteiger partial charge in [0, 0.05) is 21.4 Å². The second-order valence-electron chi connectivity index (χ2n) is 5.27. The molecule has 0 unspecified atom stereocenters. The maximum atomic E-state index is 12.4. The molecule has 1 aromatic carbocycles. The molecule has 0 saturated carbocycles. The zero-order chi connectivity index (χ0) is 14.3. The van der Waals surface area contributed by atoms with E-state index >= 15 is 0 Å². The predicted molar refractivity (Wildman–Crippen MR) is 88.5 cm³/mol. The first-order valence-electron chi connectivity index (χ1n) is 6.52. The van der Waals surface area contributed by atoms with Gasteiger partial charge in [0.15, 0.2) is 0 Å². The summed E-state index contributed by atoms with van der Waals surface area (Å²) in [6.07, 6.45) is 1.39. The van der Waals surface area contributed by atoms with Gasteiger partial charge in [-0.2, -0.15) is 0 Å². The highest BCUT2D eigenvalue weighted by molar-refractivity contribution is 14.1. The van der Waals surface area contributed by atoms with Crippen LogP contribution in [0.2, 0.25) is 0 Å². The Morgan fingerprint density at radius 2 is 2.35 bits per heavy atom. The molecule has 0 aliphatic carbocycles. The molecule has 1 N–H and O–H groups in total. The molecule has 6 heteroatoms. The number of rotatable bonds is 2. The van der Waals surface area contributed by atoms with Gasteiger partial charge in [0.05, 0.1) is 4.87 Å². The summed E-state index contributed by atoms with van der Waals surface area (Å²) >= 11 is 3.92. The Hall–Kier alpha value is -0.760. The summed E-state index contributed by atoms with van der Waals surface area (Å²) in [5.74, 6) is 0.691. The maximum absolute atomic E-state index is 12.4. The lowest BCUT2D eigenvalue weighted by Gasteiger charge is -2.29. The number of amides is 2. The molecule has 2 heterocycles. The lowest BCUT2D eigenvalue weighted by Crippen LogP contribution is -2.48. The summed E-state index contributed by atoms with van der Waals surface area (Å²) < 4.78 is 1.07. The quantitative estimate of drug-likeness (QED) is 0.775. The molecule has 2 saturated heterocycles. The largest absolute Gasteiger partial charge is 0.324 e. The number of nitrogens with zero attached hydrogens (tertiary/aromatic N) is 1. The fourth-order valence-electron chi connectivity index (χ4n) is 2.81. The minimum absolute atomic E-state index is 0.0847.